The van der Waals surface area contributed by atoms with Gasteiger partial charge in [-0.25, -0.2) is 9.18 Å². The fourth-order valence-electron chi connectivity index (χ4n) is 2.12. The SMILES string of the molecule is Cc1ccc(NC(=O)[C@@H](C)OC(=O)c2ccc(F)cc2Br)c(C)c1. The van der Waals surface area contributed by atoms with Gasteiger partial charge in [0.25, 0.3) is 5.91 Å². The van der Waals surface area contributed by atoms with Gasteiger partial charge in [-0.2, -0.15) is 0 Å². The summed E-state index contributed by atoms with van der Waals surface area (Å²) < 4.78 is 18.5. The topological polar surface area (TPSA) is 55.4 Å². The predicted octanol–water partition coefficient (Wildman–Crippen LogP) is 4.39. The minimum atomic E-state index is -0.991. The minimum Gasteiger partial charge on any atom is -0.449 e. The van der Waals surface area contributed by atoms with Crippen LogP contribution >= 0.6 is 15.9 Å². The second-order valence-corrected chi connectivity index (χ2v) is 6.33. The second-order valence-electron chi connectivity index (χ2n) is 5.48. The van der Waals surface area contributed by atoms with Crippen molar-refractivity contribution in [1.29, 1.82) is 0 Å². The molecule has 126 valence electrons. The molecule has 0 saturated heterocycles. The molecule has 4 nitrogen and oxygen atoms in total. The zero-order chi connectivity index (χ0) is 17.9. The third kappa shape index (κ3) is 4.41. The highest BCUT2D eigenvalue weighted by Gasteiger charge is 2.21. The first kappa shape index (κ1) is 18.1. The van der Waals surface area contributed by atoms with E-state index >= 15 is 0 Å². The molecule has 2 aromatic rings. The maximum Gasteiger partial charge on any atom is 0.340 e. The molecule has 1 N–H and O–H groups in total. The highest BCUT2D eigenvalue weighted by Crippen LogP contribution is 2.20. The number of aryl methyl sites for hydroxylation is 2. The van der Waals surface area contributed by atoms with E-state index < -0.39 is 23.8 Å². The lowest BCUT2D eigenvalue weighted by Crippen LogP contribution is -2.30. The van der Waals surface area contributed by atoms with Crippen LogP contribution in [0.1, 0.15) is 28.4 Å². The summed E-state index contributed by atoms with van der Waals surface area (Å²) in [6, 6.07) is 9.25. The molecule has 0 aliphatic heterocycles. The molecule has 0 saturated carbocycles. The Kier molecular flexibility index (Phi) is 5.72. The number of hydrogen-bond acceptors (Lipinski definition) is 3. The van der Waals surface area contributed by atoms with Gasteiger partial charge in [0.2, 0.25) is 0 Å². The molecule has 0 bridgehead atoms. The molecule has 2 rings (SSSR count). The van der Waals surface area contributed by atoms with Crippen molar-refractivity contribution >= 4 is 33.5 Å². The molecule has 0 aliphatic carbocycles. The quantitative estimate of drug-likeness (QED) is 0.783. The number of anilines is 1. The summed E-state index contributed by atoms with van der Waals surface area (Å²) in [5.74, 6) is -1.61. The third-order valence-corrected chi connectivity index (χ3v) is 4.10. The number of hydrogen-bond donors (Lipinski definition) is 1. The Bertz CT molecular complexity index is 792. The maximum atomic E-state index is 13.1. The van der Waals surface area contributed by atoms with Crippen LogP contribution in [0, 0.1) is 19.7 Å². The molecule has 1 atom stereocenters. The van der Waals surface area contributed by atoms with Crippen LogP contribution < -0.4 is 5.32 Å². The molecule has 6 heteroatoms. The van der Waals surface area contributed by atoms with Crippen molar-refractivity contribution in [3.05, 3.63) is 63.4 Å². The van der Waals surface area contributed by atoms with E-state index in [0.29, 0.717) is 5.69 Å². The molecule has 0 radical (unpaired) electrons. The Hall–Kier alpha value is -2.21. The van der Waals surface area contributed by atoms with Gasteiger partial charge in [-0.15, -0.1) is 0 Å². The van der Waals surface area contributed by atoms with Gasteiger partial charge in [-0.3, -0.25) is 4.79 Å². The van der Waals surface area contributed by atoms with Crippen molar-refractivity contribution in [3.8, 4) is 0 Å². The van der Waals surface area contributed by atoms with Gasteiger partial charge in [0.05, 0.1) is 5.56 Å². The fraction of sp³-hybridized carbons (Fsp3) is 0.222. The number of rotatable bonds is 4. The van der Waals surface area contributed by atoms with E-state index in [0.717, 1.165) is 23.3 Å². The largest absolute Gasteiger partial charge is 0.449 e. The third-order valence-electron chi connectivity index (χ3n) is 3.44. The normalized spacial score (nSPS) is 11.7. The molecule has 0 aromatic heterocycles. The Morgan fingerprint density at radius 1 is 1.17 bits per heavy atom. The van der Waals surface area contributed by atoms with Gasteiger partial charge >= 0.3 is 5.97 Å². The first-order chi connectivity index (χ1) is 11.3. The molecule has 1 amide bonds. The van der Waals surface area contributed by atoms with E-state index in [1.165, 1.54) is 13.0 Å². The maximum absolute atomic E-state index is 13.1. The molecule has 2 aromatic carbocycles. The molecular weight excluding hydrogens is 377 g/mol. The number of carbonyl (C=O) groups is 2. The fourth-order valence-corrected chi connectivity index (χ4v) is 2.63. The van der Waals surface area contributed by atoms with Crippen LogP contribution in [0.25, 0.3) is 0 Å². The summed E-state index contributed by atoms with van der Waals surface area (Å²) in [5.41, 5.74) is 2.83. The van der Waals surface area contributed by atoms with Gasteiger partial charge < -0.3 is 10.1 Å². The van der Waals surface area contributed by atoms with Gasteiger partial charge in [0.1, 0.15) is 5.82 Å². The molecule has 24 heavy (non-hydrogen) atoms. The number of halogens is 2. The highest BCUT2D eigenvalue weighted by atomic mass is 79.9. The summed E-state index contributed by atoms with van der Waals surface area (Å²) in [5, 5.41) is 2.73. The molecular formula is C18H17BrFNO3. The number of ether oxygens (including phenoxy) is 1. The van der Waals surface area contributed by atoms with Crippen molar-refractivity contribution in [2.45, 2.75) is 26.9 Å². The summed E-state index contributed by atoms with van der Waals surface area (Å²) in [6.45, 7) is 5.33. The van der Waals surface area contributed by atoms with E-state index in [-0.39, 0.29) is 10.0 Å². The molecule has 0 aliphatic rings. The highest BCUT2D eigenvalue weighted by molar-refractivity contribution is 9.10. The average molecular weight is 394 g/mol. The molecule has 0 unspecified atom stereocenters. The monoisotopic (exact) mass is 393 g/mol. The zero-order valence-electron chi connectivity index (χ0n) is 13.5. The zero-order valence-corrected chi connectivity index (χ0v) is 15.1. The summed E-state index contributed by atoms with van der Waals surface area (Å²) in [4.78, 5) is 24.3. The first-order valence-electron chi connectivity index (χ1n) is 7.32. The molecule has 0 heterocycles. The van der Waals surface area contributed by atoms with E-state index in [1.807, 2.05) is 26.0 Å². The first-order valence-corrected chi connectivity index (χ1v) is 8.11. The van der Waals surface area contributed by atoms with Crippen LogP contribution in [0.5, 0.6) is 0 Å². The molecule has 0 fully saturated rings. The minimum absolute atomic E-state index is 0.155. The number of carbonyl (C=O) groups excluding carboxylic acids is 2. The van der Waals surface area contributed by atoms with Crippen molar-refractivity contribution < 1.29 is 18.7 Å². The van der Waals surface area contributed by atoms with Crippen LogP contribution in [0.15, 0.2) is 40.9 Å². The smallest absolute Gasteiger partial charge is 0.340 e. The Morgan fingerprint density at radius 2 is 1.88 bits per heavy atom. The number of benzene rings is 2. The van der Waals surface area contributed by atoms with Crippen LogP contribution in [0.4, 0.5) is 10.1 Å². The van der Waals surface area contributed by atoms with Crippen molar-refractivity contribution in [2.24, 2.45) is 0 Å². The average Bonchev–Trinajstić information content (AvgIpc) is 2.49. The van der Waals surface area contributed by atoms with Gasteiger partial charge in [0, 0.05) is 10.2 Å². The Labute approximate surface area is 148 Å². The Morgan fingerprint density at radius 3 is 2.50 bits per heavy atom. The summed E-state index contributed by atoms with van der Waals surface area (Å²) in [6.07, 6.45) is -0.991. The van der Waals surface area contributed by atoms with Gasteiger partial charge in [-0.1, -0.05) is 17.7 Å². The van der Waals surface area contributed by atoms with Gasteiger partial charge in [0.15, 0.2) is 6.10 Å². The van der Waals surface area contributed by atoms with E-state index in [9.17, 15) is 14.0 Å². The van der Waals surface area contributed by atoms with Crippen LogP contribution in [0.3, 0.4) is 0 Å². The standard InChI is InChI=1S/C18H17BrFNO3/c1-10-4-7-16(11(2)8-10)21-17(22)12(3)24-18(23)14-6-5-13(20)9-15(14)19/h4-9,12H,1-3H3,(H,21,22)/t12-/m1/s1. The molecule has 0 spiro atoms. The number of amides is 1. The second kappa shape index (κ2) is 7.57. The van der Waals surface area contributed by atoms with Crippen LogP contribution in [0.2, 0.25) is 0 Å². The van der Waals surface area contributed by atoms with Crippen LogP contribution in [-0.2, 0) is 9.53 Å². The van der Waals surface area contributed by atoms with Crippen molar-refractivity contribution in [2.75, 3.05) is 5.32 Å². The van der Waals surface area contributed by atoms with Crippen molar-refractivity contribution in [1.82, 2.24) is 0 Å². The lowest BCUT2D eigenvalue weighted by atomic mass is 10.1. The van der Waals surface area contributed by atoms with Gasteiger partial charge in [-0.05, 0) is 66.5 Å². The van der Waals surface area contributed by atoms with Crippen LogP contribution in [-0.4, -0.2) is 18.0 Å². The lowest BCUT2D eigenvalue weighted by Gasteiger charge is -2.15. The number of nitrogens with one attached hydrogen (secondary N) is 1. The van der Waals surface area contributed by atoms with E-state index in [4.69, 9.17) is 4.74 Å². The van der Waals surface area contributed by atoms with E-state index in [1.54, 1.807) is 6.07 Å². The van der Waals surface area contributed by atoms with Crippen molar-refractivity contribution in [3.63, 3.8) is 0 Å². The summed E-state index contributed by atoms with van der Waals surface area (Å²) >= 11 is 3.10. The number of esters is 1. The summed E-state index contributed by atoms with van der Waals surface area (Å²) in [7, 11) is 0. The Balaban J connectivity index is 2.04. The predicted molar refractivity (Wildman–Crippen MR) is 93.5 cm³/mol. The lowest BCUT2D eigenvalue weighted by molar-refractivity contribution is -0.123. The van der Waals surface area contributed by atoms with E-state index in [2.05, 4.69) is 21.2 Å².